The number of aromatic nitrogens is 3. The third-order valence-electron chi connectivity index (χ3n) is 3.56. The van der Waals surface area contributed by atoms with Crippen LogP contribution < -0.4 is 5.32 Å². The van der Waals surface area contributed by atoms with E-state index >= 15 is 0 Å². The highest BCUT2D eigenvalue weighted by Crippen LogP contribution is 2.35. The third-order valence-corrected chi connectivity index (χ3v) is 5.50. The maximum atomic E-state index is 12.8. The van der Waals surface area contributed by atoms with E-state index in [1.807, 2.05) is 0 Å². The van der Waals surface area contributed by atoms with Gasteiger partial charge in [0.1, 0.15) is 21.2 Å². The van der Waals surface area contributed by atoms with Crippen molar-refractivity contribution in [1.29, 1.82) is 0 Å². The lowest BCUT2D eigenvalue weighted by molar-refractivity contribution is -0.134. The minimum absolute atomic E-state index is 0.0521. The van der Waals surface area contributed by atoms with E-state index in [-0.39, 0.29) is 10.7 Å². The summed E-state index contributed by atoms with van der Waals surface area (Å²) in [6, 6.07) is 9.05. The standard InChI is InChI=1S/C17H9F3N4OS2/c18-17(19,20)12-5-4-11(27-12)15(25)23-13-9-6-8-26-16(9)24-14(22-13)10-3-1-2-7-21-10/h1-8H,(H,22,23,24,25). The second-order valence-corrected chi connectivity index (χ2v) is 7.34. The molecule has 0 aromatic carbocycles. The molecule has 4 aromatic rings. The molecule has 1 N–H and O–H groups in total. The van der Waals surface area contributed by atoms with Gasteiger partial charge in [0.05, 0.1) is 10.3 Å². The van der Waals surface area contributed by atoms with Crippen molar-refractivity contribution in [2.75, 3.05) is 5.32 Å². The molecule has 0 spiro atoms. The van der Waals surface area contributed by atoms with Crippen molar-refractivity contribution in [3.8, 4) is 11.5 Å². The van der Waals surface area contributed by atoms with E-state index in [9.17, 15) is 18.0 Å². The molecule has 4 heterocycles. The van der Waals surface area contributed by atoms with Gasteiger partial charge in [-0.3, -0.25) is 9.78 Å². The van der Waals surface area contributed by atoms with Crippen LogP contribution in [-0.4, -0.2) is 20.9 Å². The quantitative estimate of drug-likeness (QED) is 0.515. The van der Waals surface area contributed by atoms with Gasteiger partial charge in [-0.15, -0.1) is 22.7 Å². The lowest BCUT2D eigenvalue weighted by atomic mass is 10.3. The zero-order valence-corrected chi connectivity index (χ0v) is 15.0. The third kappa shape index (κ3) is 3.53. The molecule has 0 fully saturated rings. The summed E-state index contributed by atoms with van der Waals surface area (Å²) in [5.41, 5.74) is 0.527. The number of halogens is 3. The van der Waals surface area contributed by atoms with Crippen molar-refractivity contribution in [3.05, 3.63) is 57.7 Å². The lowest BCUT2D eigenvalue weighted by Crippen LogP contribution is -2.12. The van der Waals surface area contributed by atoms with E-state index in [2.05, 4.69) is 20.3 Å². The van der Waals surface area contributed by atoms with E-state index in [1.54, 1.807) is 35.8 Å². The summed E-state index contributed by atoms with van der Waals surface area (Å²) in [6.45, 7) is 0. The Kier molecular flexibility index (Phi) is 4.36. The number of hydrogen-bond donors (Lipinski definition) is 1. The first kappa shape index (κ1) is 17.6. The van der Waals surface area contributed by atoms with Crippen LogP contribution in [-0.2, 0) is 6.18 Å². The second-order valence-electron chi connectivity index (χ2n) is 5.37. The zero-order valence-electron chi connectivity index (χ0n) is 13.3. The van der Waals surface area contributed by atoms with Gasteiger partial charge in [0.2, 0.25) is 0 Å². The molecule has 0 saturated carbocycles. The Morgan fingerprint density at radius 2 is 1.93 bits per heavy atom. The summed E-state index contributed by atoms with van der Waals surface area (Å²) in [6.07, 6.45) is -2.88. The molecule has 0 radical (unpaired) electrons. The second kappa shape index (κ2) is 6.71. The maximum absolute atomic E-state index is 12.8. The number of alkyl halides is 3. The molecule has 0 aliphatic heterocycles. The van der Waals surface area contributed by atoms with Gasteiger partial charge >= 0.3 is 6.18 Å². The van der Waals surface area contributed by atoms with Gasteiger partial charge in [-0.05, 0) is 35.7 Å². The number of nitrogens with one attached hydrogen (secondary N) is 1. The minimum atomic E-state index is -4.48. The number of carbonyl (C=O) groups is 1. The minimum Gasteiger partial charge on any atom is -0.305 e. The van der Waals surface area contributed by atoms with Crippen molar-refractivity contribution in [3.63, 3.8) is 0 Å². The Morgan fingerprint density at radius 3 is 2.63 bits per heavy atom. The molecule has 0 saturated heterocycles. The normalized spacial score (nSPS) is 11.7. The highest BCUT2D eigenvalue weighted by atomic mass is 32.1. The van der Waals surface area contributed by atoms with Crippen LogP contribution in [0.2, 0.25) is 0 Å². The van der Waals surface area contributed by atoms with E-state index < -0.39 is 17.0 Å². The molecular weight excluding hydrogens is 397 g/mol. The van der Waals surface area contributed by atoms with E-state index in [0.717, 1.165) is 12.1 Å². The van der Waals surface area contributed by atoms with Crippen molar-refractivity contribution >= 4 is 44.6 Å². The van der Waals surface area contributed by atoms with Crippen LogP contribution in [0.3, 0.4) is 0 Å². The predicted octanol–water partition coefficient (Wildman–Crippen LogP) is 5.09. The Labute approximate surface area is 158 Å². The average Bonchev–Trinajstić information content (AvgIpc) is 3.31. The van der Waals surface area contributed by atoms with Crippen molar-refractivity contribution in [1.82, 2.24) is 15.0 Å². The van der Waals surface area contributed by atoms with Crippen LogP contribution in [0, 0.1) is 0 Å². The molecule has 136 valence electrons. The fourth-order valence-corrected chi connectivity index (χ4v) is 3.87. The Hall–Kier alpha value is -2.85. The van der Waals surface area contributed by atoms with Gasteiger partial charge in [0, 0.05) is 6.20 Å². The first-order chi connectivity index (χ1) is 12.9. The molecule has 4 aromatic heterocycles. The smallest absolute Gasteiger partial charge is 0.305 e. The SMILES string of the molecule is O=C(Nc1nc(-c2ccccn2)nc2sccc12)c1ccc(C(F)(F)F)s1. The lowest BCUT2D eigenvalue weighted by Gasteiger charge is -2.07. The molecule has 0 bridgehead atoms. The number of anilines is 1. The monoisotopic (exact) mass is 406 g/mol. The number of rotatable bonds is 3. The number of amides is 1. The number of pyridine rings is 1. The van der Waals surface area contributed by atoms with Gasteiger partial charge < -0.3 is 5.32 Å². The van der Waals surface area contributed by atoms with Crippen LogP contribution in [0.15, 0.2) is 48.0 Å². The van der Waals surface area contributed by atoms with Crippen LogP contribution in [0.25, 0.3) is 21.7 Å². The predicted molar refractivity (Wildman–Crippen MR) is 97.9 cm³/mol. The fraction of sp³-hybridized carbons (Fsp3) is 0.0588. The summed E-state index contributed by atoms with van der Waals surface area (Å²) in [7, 11) is 0. The van der Waals surface area contributed by atoms with E-state index in [0.29, 0.717) is 33.1 Å². The molecule has 0 aliphatic rings. The molecule has 27 heavy (non-hydrogen) atoms. The number of nitrogens with zero attached hydrogens (tertiary/aromatic N) is 3. The van der Waals surface area contributed by atoms with Crippen molar-refractivity contribution in [2.45, 2.75) is 6.18 Å². The largest absolute Gasteiger partial charge is 0.425 e. The van der Waals surface area contributed by atoms with Crippen LogP contribution in [0.4, 0.5) is 19.0 Å². The van der Waals surface area contributed by atoms with E-state index in [1.165, 1.54) is 11.3 Å². The molecule has 1 amide bonds. The Morgan fingerprint density at radius 1 is 1.07 bits per heavy atom. The Bertz CT molecular complexity index is 1120. The van der Waals surface area contributed by atoms with Crippen LogP contribution in [0.5, 0.6) is 0 Å². The van der Waals surface area contributed by atoms with Gasteiger partial charge in [-0.2, -0.15) is 13.2 Å². The van der Waals surface area contributed by atoms with Crippen LogP contribution in [0.1, 0.15) is 14.5 Å². The fourth-order valence-electron chi connectivity index (χ4n) is 2.34. The number of carbonyl (C=O) groups excluding carboxylic acids is 1. The van der Waals surface area contributed by atoms with Crippen molar-refractivity contribution < 1.29 is 18.0 Å². The number of hydrogen-bond acceptors (Lipinski definition) is 6. The summed E-state index contributed by atoms with van der Waals surface area (Å²) < 4.78 is 38.3. The molecule has 5 nitrogen and oxygen atoms in total. The van der Waals surface area contributed by atoms with Gasteiger partial charge in [0.15, 0.2) is 5.82 Å². The Balaban J connectivity index is 1.70. The van der Waals surface area contributed by atoms with E-state index in [4.69, 9.17) is 0 Å². The van der Waals surface area contributed by atoms with Gasteiger partial charge in [0.25, 0.3) is 5.91 Å². The highest BCUT2D eigenvalue weighted by molar-refractivity contribution is 7.16. The molecule has 0 aliphatic carbocycles. The maximum Gasteiger partial charge on any atom is 0.425 e. The molecule has 4 rings (SSSR count). The summed E-state index contributed by atoms with van der Waals surface area (Å²) >= 11 is 1.75. The first-order valence-corrected chi connectivity index (χ1v) is 9.26. The van der Waals surface area contributed by atoms with Gasteiger partial charge in [-0.25, -0.2) is 9.97 Å². The molecular formula is C17H9F3N4OS2. The number of fused-ring (bicyclic) bond motifs is 1. The molecule has 0 unspecified atom stereocenters. The van der Waals surface area contributed by atoms with Crippen molar-refractivity contribution in [2.24, 2.45) is 0 Å². The summed E-state index contributed by atoms with van der Waals surface area (Å²) in [5.74, 6) is -0.106. The molecule has 0 atom stereocenters. The summed E-state index contributed by atoms with van der Waals surface area (Å²) in [5, 5.41) is 5.00. The molecule has 10 heteroatoms. The average molecular weight is 406 g/mol. The van der Waals surface area contributed by atoms with Gasteiger partial charge in [-0.1, -0.05) is 6.07 Å². The van der Waals surface area contributed by atoms with Crippen LogP contribution >= 0.6 is 22.7 Å². The zero-order chi connectivity index (χ0) is 19.0. The highest BCUT2D eigenvalue weighted by Gasteiger charge is 2.33. The summed E-state index contributed by atoms with van der Waals surface area (Å²) in [4.78, 5) is 25.2. The first-order valence-electron chi connectivity index (χ1n) is 7.57. The topological polar surface area (TPSA) is 67.8 Å². The number of thiophene rings is 2.